The van der Waals surface area contributed by atoms with E-state index in [4.69, 9.17) is 0 Å². The Labute approximate surface area is 170 Å². The van der Waals surface area contributed by atoms with Gasteiger partial charge in [0.25, 0.3) is 0 Å². The number of nitrogens with zero attached hydrogens (tertiary/aromatic N) is 5. The van der Waals surface area contributed by atoms with Crippen molar-refractivity contribution in [3.63, 3.8) is 0 Å². The van der Waals surface area contributed by atoms with Gasteiger partial charge in [0.05, 0.1) is 0 Å². The van der Waals surface area contributed by atoms with Crippen molar-refractivity contribution in [1.29, 1.82) is 0 Å². The number of piperazine rings is 1. The summed E-state index contributed by atoms with van der Waals surface area (Å²) in [5.74, 6) is 2.97. The van der Waals surface area contributed by atoms with Gasteiger partial charge >= 0.3 is 0 Å². The highest BCUT2D eigenvalue weighted by molar-refractivity contribution is 7.99. The molecule has 1 saturated heterocycles. The minimum absolute atomic E-state index is 0.830. The fraction of sp³-hybridized carbons (Fsp3) is 0.381. The van der Waals surface area contributed by atoms with Crippen molar-refractivity contribution >= 4 is 17.6 Å². The van der Waals surface area contributed by atoms with Crippen LogP contribution in [0.5, 0.6) is 0 Å². The Kier molecular flexibility index (Phi) is 6.24. The Bertz CT molecular complexity index is 873. The lowest BCUT2D eigenvalue weighted by Crippen LogP contribution is -2.47. The summed E-state index contributed by atoms with van der Waals surface area (Å²) in [4.78, 5) is 14.0. The molecule has 1 fully saturated rings. The summed E-state index contributed by atoms with van der Waals surface area (Å²) in [5.41, 5.74) is 2.32. The van der Waals surface area contributed by atoms with Gasteiger partial charge in [-0.15, -0.1) is 5.10 Å². The summed E-state index contributed by atoms with van der Waals surface area (Å²) in [6.07, 6.45) is 3.01. The normalized spacial score (nSPS) is 15.1. The molecule has 3 heterocycles. The SMILES string of the molecule is Cc1cccc(-c2nc(SCCCN3CCN(c4ccccn4)CC3)n[nH]2)c1. The van der Waals surface area contributed by atoms with Crippen LogP contribution in [-0.4, -0.2) is 63.5 Å². The van der Waals surface area contributed by atoms with Crippen molar-refractivity contribution in [2.45, 2.75) is 18.5 Å². The van der Waals surface area contributed by atoms with Crippen molar-refractivity contribution in [1.82, 2.24) is 25.1 Å². The van der Waals surface area contributed by atoms with E-state index in [1.165, 1.54) is 5.56 Å². The van der Waals surface area contributed by atoms with E-state index in [0.717, 1.165) is 67.3 Å². The molecule has 0 spiro atoms. The lowest BCUT2D eigenvalue weighted by atomic mass is 10.1. The number of benzene rings is 1. The van der Waals surface area contributed by atoms with Crippen molar-refractivity contribution in [3.05, 3.63) is 54.2 Å². The molecule has 1 aliphatic heterocycles. The average Bonchev–Trinajstić information content (AvgIpc) is 3.21. The molecule has 1 aromatic carbocycles. The number of anilines is 1. The van der Waals surface area contributed by atoms with E-state index in [0.29, 0.717) is 0 Å². The fourth-order valence-corrected chi connectivity index (χ4v) is 4.15. The molecule has 146 valence electrons. The zero-order valence-electron chi connectivity index (χ0n) is 16.2. The van der Waals surface area contributed by atoms with Crippen LogP contribution >= 0.6 is 11.8 Å². The van der Waals surface area contributed by atoms with Gasteiger partial charge in [-0.1, -0.05) is 41.6 Å². The number of thioether (sulfide) groups is 1. The van der Waals surface area contributed by atoms with Gasteiger partial charge in [0.15, 0.2) is 5.82 Å². The van der Waals surface area contributed by atoms with Crippen LogP contribution in [-0.2, 0) is 0 Å². The number of hydrogen-bond acceptors (Lipinski definition) is 6. The lowest BCUT2D eigenvalue weighted by Gasteiger charge is -2.35. The summed E-state index contributed by atoms with van der Waals surface area (Å²) in [5, 5.41) is 8.24. The number of rotatable bonds is 7. The molecule has 0 saturated carbocycles. The molecular weight excluding hydrogens is 368 g/mol. The van der Waals surface area contributed by atoms with E-state index < -0.39 is 0 Å². The smallest absolute Gasteiger partial charge is 0.208 e. The molecular formula is C21H26N6S. The van der Waals surface area contributed by atoms with Crippen LogP contribution in [0.2, 0.25) is 0 Å². The van der Waals surface area contributed by atoms with Crippen LogP contribution in [0.3, 0.4) is 0 Å². The van der Waals surface area contributed by atoms with Crippen LogP contribution < -0.4 is 4.90 Å². The third-order valence-electron chi connectivity index (χ3n) is 4.95. The Morgan fingerprint density at radius 2 is 1.96 bits per heavy atom. The second-order valence-electron chi connectivity index (χ2n) is 7.05. The van der Waals surface area contributed by atoms with Crippen LogP contribution in [0, 0.1) is 6.92 Å². The molecule has 1 N–H and O–H groups in total. The maximum atomic E-state index is 4.62. The molecule has 0 bridgehead atoms. The third-order valence-corrected chi connectivity index (χ3v) is 5.89. The van der Waals surface area contributed by atoms with E-state index in [9.17, 15) is 0 Å². The largest absolute Gasteiger partial charge is 0.354 e. The van der Waals surface area contributed by atoms with Crippen molar-refractivity contribution in [3.8, 4) is 11.4 Å². The van der Waals surface area contributed by atoms with Crippen molar-refractivity contribution in [2.75, 3.05) is 43.4 Å². The summed E-state index contributed by atoms with van der Waals surface area (Å²) in [7, 11) is 0. The molecule has 0 radical (unpaired) electrons. The van der Waals surface area contributed by atoms with Crippen molar-refractivity contribution in [2.24, 2.45) is 0 Å². The molecule has 0 amide bonds. The van der Waals surface area contributed by atoms with Gasteiger partial charge in [0, 0.05) is 43.7 Å². The van der Waals surface area contributed by atoms with Gasteiger partial charge < -0.3 is 4.90 Å². The Morgan fingerprint density at radius 1 is 1.07 bits per heavy atom. The number of aromatic amines is 1. The number of pyridine rings is 1. The highest BCUT2D eigenvalue weighted by Crippen LogP contribution is 2.20. The summed E-state index contributed by atoms with van der Waals surface area (Å²) in [6.45, 7) is 7.50. The van der Waals surface area contributed by atoms with E-state index in [-0.39, 0.29) is 0 Å². The Hall–Kier alpha value is -2.38. The molecule has 0 unspecified atom stereocenters. The van der Waals surface area contributed by atoms with Gasteiger partial charge in [-0.3, -0.25) is 10.00 Å². The topological polar surface area (TPSA) is 60.9 Å². The Morgan fingerprint density at radius 3 is 2.75 bits per heavy atom. The van der Waals surface area contributed by atoms with Crippen LogP contribution in [0.4, 0.5) is 5.82 Å². The first-order chi connectivity index (χ1) is 13.8. The van der Waals surface area contributed by atoms with E-state index in [1.807, 2.05) is 18.3 Å². The molecule has 1 aliphatic rings. The fourth-order valence-electron chi connectivity index (χ4n) is 3.43. The van der Waals surface area contributed by atoms with Gasteiger partial charge in [0.2, 0.25) is 5.16 Å². The van der Waals surface area contributed by atoms with Crippen molar-refractivity contribution < 1.29 is 0 Å². The van der Waals surface area contributed by atoms with Crippen LogP contribution in [0.15, 0.2) is 53.8 Å². The first-order valence-electron chi connectivity index (χ1n) is 9.78. The number of H-pyrrole nitrogens is 1. The molecule has 3 aromatic rings. The maximum Gasteiger partial charge on any atom is 0.208 e. The Balaban J connectivity index is 1.18. The summed E-state index contributed by atoms with van der Waals surface area (Å²) >= 11 is 1.73. The molecule has 2 aromatic heterocycles. The molecule has 0 atom stereocenters. The quantitative estimate of drug-likeness (QED) is 0.489. The predicted octanol–water partition coefficient (Wildman–Crippen LogP) is 3.48. The lowest BCUT2D eigenvalue weighted by molar-refractivity contribution is 0.258. The van der Waals surface area contributed by atoms with E-state index in [1.54, 1.807) is 11.8 Å². The summed E-state index contributed by atoms with van der Waals surface area (Å²) in [6, 6.07) is 14.4. The first kappa shape index (κ1) is 19.0. The number of aromatic nitrogens is 4. The third kappa shape index (κ3) is 4.91. The monoisotopic (exact) mass is 394 g/mol. The zero-order valence-corrected chi connectivity index (χ0v) is 17.0. The van der Waals surface area contributed by atoms with Gasteiger partial charge in [-0.25, -0.2) is 9.97 Å². The second kappa shape index (κ2) is 9.21. The van der Waals surface area contributed by atoms with Crippen LogP contribution in [0.25, 0.3) is 11.4 Å². The molecule has 6 nitrogen and oxygen atoms in total. The standard InChI is InChI=1S/C21H26N6S/c1-17-6-4-7-18(16-17)20-23-21(25-24-20)28-15-5-10-26-11-13-27(14-12-26)19-8-2-3-9-22-19/h2-4,6-9,16H,5,10-15H2,1H3,(H,23,24,25). The predicted molar refractivity (Wildman–Crippen MR) is 115 cm³/mol. The van der Waals surface area contributed by atoms with E-state index in [2.05, 4.69) is 67.2 Å². The number of aryl methyl sites for hydroxylation is 1. The highest BCUT2D eigenvalue weighted by Gasteiger charge is 2.17. The first-order valence-corrected chi connectivity index (χ1v) is 10.8. The average molecular weight is 395 g/mol. The minimum atomic E-state index is 0.830. The van der Waals surface area contributed by atoms with Gasteiger partial charge in [-0.05, 0) is 38.1 Å². The van der Waals surface area contributed by atoms with Gasteiger partial charge in [-0.2, -0.15) is 0 Å². The molecule has 4 rings (SSSR count). The zero-order chi connectivity index (χ0) is 19.2. The number of hydrogen-bond donors (Lipinski definition) is 1. The molecule has 7 heteroatoms. The summed E-state index contributed by atoms with van der Waals surface area (Å²) < 4.78 is 0. The van der Waals surface area contributed by atoms with Gasteiger partial charge in [0.1, 0.15) is 5.82 Å². The minimum Gasteiger partial charge on any atom is -0.354 e. The van der Waals surface area contributed by atoms with E-state index >= 15 is 0 Å². The number of nitrogens with one attached hydrogen (secondary N) is 1. The maximum absolute atomic E-state index is 4.62. The molecule has 28 heavy (non-hydrogen) atoms. The second-order valence-corrected chi connectivity index (χ2v) is 8.12. The van der Waals surface area contributed by atoms with Crippen LogP contribution in [0.1, 0.15) is 12.0 Å². The molecule has 0 aliphatic carbocycles. The highest BCUT2D eigenvalue weighted by atomic mass is 32.2.